The SMILES string of the molecule is C=C(OCCCCN)C(CCCCCC)CCCCCCCC. The molecule has 1 atom stereocenters. The van der Waals surface area contributed by atoms with E-state index >= 15 is 0 Å². The zero-order valence-electron chi connectivity index (χ0n) is 16.1. The van der Waals surface area contributed by atoms with E-state index in [1.807, 2.05) is 0 Å². The summed E-state index contributed by atoms with van der Waals surface area (Å²) in [5, 5.41) is 0. The van der Waals surface area contributed by atoms with Gasteiger partial charge in [-0.15, -0.1) is 0 Å². The van der Waals surface area contributed by atoms with Crippen molar-refractivity contribution in [2.45, 2.75) is 104 Å². The quantitative estimate of drug-likeness (QED) is 0.228. The Bertz CT molecular complexity index is 252. The topological polar surface area (TPSA) is 35.2 Å². The van der Waals surface area contributed by atoms with Gasteiger partial charge in [-0.25, -0.2) is 0 Å². The second-order valence-corrected chi connectivity index (χ2v) is 6.91. The highest BCUT2D eigenvalue weighted by atomic mass is 16.5. The molecule has 0 saturated carbocycles. The van der Waals surface area contributed by atoms with Crippen LogP contribution in [0.5, 0.6) is 0 Å². The zero-order valence-corrected chi connectivity index (χ0v) is 16.1. The van der Waals surface area contributed by atoms with Gasteiger partial charge >= 0.3 is 0 Å². The lowest BCUT2D eigenvalue weighted by Gasteiger charge is -2.20. The van der Waals surface area contributed by atoms with Crippen LogP contribution in [-0.4, -0.2) is 13.2 Å². The standard InChI is InChI=1S/C21H43NO/c1-4-6-8-10-11-13-17-21(16-12-9-7-5-2)20(3)23-19-15-14-18-22/h21H,3-19,22H2,1-2H3. The van der Waals surface area contributed by atoms with Gasteiger partial charge in [0.25, 0.3) is 0 Å². The molecule has 2 nitrogen and oxygen atoms in total. The van der Waals surface area contributed by atoms with E-state index in [1.54, 1.807) is 0 Å². The van der Waals surface area contributed by atoms with Gasteiger partial charge in [0.1, 0.15) is 0 Å². The molecule has 0 heterocycles. The maximum absolute atomic E-state index is 5.91. The summed E-state index contributed by atoms with van der Waals surface area (Å²) < 4.78 is 5.91. The first-order valence-corrected chi connectivity index (χ1v) is 10.3. The predicted molar refractivity (Wildman–Crippen MR) is 104 cm³/mol. The van der Waals surface area contributed by atoms with Crippen molar-refractivity contribution in [2.24, 2.45) is 11.7 Å². The molecule has 0 amide bonds. The minimum atomic E-state index is 0.566. The number of allylic oxidation sites excluding steroid dienone is 1. The Morgan fingerprint density at radius 3 is 1.87 bits per heavy atom. The fraction of sp³-hybridized carbons (Fsp3) is 0.905. The number of rotatable bonds is 18. The lowest BCUT2D eigenvalue weighted by Crippen LogP contribution is -2.09. The average molecular weight is 326 g/mol. The minimum Gasteiger partial charge on any atom is -0.498 e. The van der Waals surface area contributed by atoms with Crippen molar-refractivity contribution in [2.75, 3.05) is 13.2 Å². The summed E-state index contributed by atoms with van der Waals surface area (Å²) >= 11 is 0. The Labute approximate surface area is 146 Å². The van der Waals surface area contributed by atoms with Crippen LogP contribution < -0.4 is 5.73 Å². The molecule has 0 radical (unpaired) electrons. The Morgan fingerprint density at radius 2 is 1.30 bits per heavy atom. The summed E-state index contributed by atoms with van der Waals surface area (Å²) in [4.78, 5) is 0. The molecule has 0 aromatic rings. The van der Waals surface area contributed by atoms with Crippen LogP contribution in [0.25, 0.3) is 0 Å². The molecule has 0 bridgehead atoms. The van der Waals surface area contributed by atoms with Crippen LogP contribution in [0.3, 0.4) is 0 Å². The molecule has 23 heavy (non-hydrogen) atoms. The minimum absolute atomic E-state index is 0.566. The first-order valence-electron chi connectivity index (χ1n) is 10.3. The lowest BCUT2D eigenvalue weighted by atomic mass is 9.93. The second-order valence-electron chi connectivity index (χ2n) is 6.91. The van der Waals surface area contributed by atoms with Gasteiger partial charge in [-0.1, -0.05) is 84.6 Å². The van der Waals surface area contributed by atoms with Gasteiger partial charge in [-0.05, 0) is 32.2 Å². The summed E-state index contributed by atoms with van der Waals surface area (Å²) in [5.74, 6) is 1.60. The Balaban J connectivity index is 3.98. The van der Waals surface area contributed by atoms with Crippen LogP contribution in [0, 0.1) is 5.92 Å². The molecule has 0 aliphatic heterocycles. The van der Waals surface area contributed by atoms with E-state index in [4.69, 9.17) is 10.5 Å². The number of hydrogen-bond donors (Lipinski definition) is 1. The van der Waals surface area contributed by atoms with E-state index in [0.717, 1.165) is 31.8 Å². The van der Waals surface area contributed by atoms with E-state index in [9.17, 15) is 0 Å². The number of hydrogen-bond acceptors (Lipinski definition) is 2. The molecule has 0 rings (SSSR count). The molecular formula is C21H43NO. The smallest absolute Gasteiger partial charge is 0.0918 e. The third kappa shape index (κ3) is 14.8. The zero-order chi connectivity index (χ0) is 17.2. The Hall–Kier alpha value is -0.500. The molecule has 2 N–H and O–H groups in total. The molecule has 0 spiro atoms. The average Bonchev–Trinajstić information content (AvgIpc) is 2.56. The van der Waals surface area contributed by atoms with E-state index in [1.165, 1.54) is 77.0 Å². The van der Waals surface area contributed by atoms with Crippen molar-refractivity contribution in [1.29, 1.82) is 0 Å². The molecule has 0 aliphatic rings. The van der Waals surface area contributed by atoms with Crippen molar-refractivity contribution in [1.82, 2.24) is 0 Å². The van der Waals surface area contributed by atoms with Crippen molar-refractivity contribution in [3.05, 3.63) is 12.3 Å². The predicted octanol–water partition coefficient (Wildman–Crippen LogP) is 6.59. The molecule has 138 valence electrons. The van der Waals surface area contributed by atoms with Crippen LogP contribution in [0.4, 0.5) is 0 Å². The molecule has 2 heteroatoms. The fourth-order valence-electron chi connectivity index (χ4n) is 3.02. The third-order valence-electron chi connectivity index (χ3n) is 4.65. The van der Waals surface area contributed by atoms with Gasteiger partial charge in [-0.2, -0.15) is 0 Å². The number of ether oxygens (including phenoxy) is 1. The van der Waals surface area contributed by atoms with Crippen molar-refractivity contribution >= 4 is 0 Å². The molecule has 0 saturated heterocycles. The van der Waals surface area contributed by atoms with Gasteiger partial charge in [-0.3, -0.25) is 0 Å². The molecule has 0 fully saturated rings. The largest absolute Gasteiger partial charge is 0.498 e. The number of unbranched alkanes of at least 4 members (excludes halogenated alkanes) is 9. The molecule has 0 aromatic carbocycles. The highest BCUT2D eigenvalue weighted by Crippen LogP contribution is 2.25. The molecule has 0 aliphatic carbocycles. The van der Waals surface area contributed by atoms with Crippen molar-refractivity contribution in [3.63, 3.8) is 0 Å². The molecule has 0 aromatic heterocycles. The molecule has 1 unspecified atom stereocenters. The first kappa shape index (κ1) is 22.5. The Kier molecular flexibility index (Phi) is 17.5. The van der Waals surface area contributed by atoms with Crippen molar-refractivity contribution < 1.29 is 4.74 Å². The van der Waals surface area contributed by atoms with E-state index in [2.05, 4.69) is 20.4 Å². The van der Waals surface area contributed by atoms with Gasteiger partial charge in [0.2, 0.25) is 0 Å². The van der Waals surface area contributed by atoms with Gasteiger partial charge in [0, 0.05) is 5.92 Å². The van der Waals surface area contributed by atoms with Gasteiger partial charge in [0.05, 0.1) is 12.4 Å². The fourth-order valence-corrected chi connectivity index (χ4v) is 3.02. The van der Waals surface area contributed by atoms with Crippen LogP contribution in [-0.2, 0) is 4.74 Å². The first-order chi connectivity index (χ1) is 11.3. The third-order valence-corrected chi connectivity index (χ3v) is 4.65. The van der Waals surface area contributed by atoms with Crippen LogP contribution in [0.1, 0.15) is 104 Å². The summed E-state index contributed by atoms with van der Waals surface area (Å²) in [6, 6.07) is 0. The summed E-state index contributed by atoms with van der Waals surface area (Å²) in [6.45, 7) is 10.3. The van der Waals surface area contributed by atoms with Crippen molar-refractivity contribution in [3.8, 4) is 0 Å². The maximum atomic E-state index is 5.91. The van der Waals surface area contributed by atoms with Crippen LogP contribution in [0.2, 0.25) is 0 Å². The van der Waals surface area contributed by atoms with Crippen LogP contribution in [0.15, 0.2) is 12.3 Å². The molecular weight excluding hydrogens is 282 g/mol. The van der Waals surface area contributed by atoms with E-state index in [0.29, 0.717) is 5.92 Å². The Morgan fingerprint density at radius 1 is 0.783 bits per heavy atom. The monoisotopic (exact) mass is 325 g/mol. The maximum Gasteiger partial charge on any atom is 0.0918 e. The highest BCUT2D eigenvalue weighted by Gasteiger charge is 2.13. The van der Waals surface area contributed by atoms with E-state index in [-0.39, 0.29) is 0 Å². The summed E-state index contributed by atoms with van der Waals surface area (Å²) in [6.07, 6.45) is 18.1. The normalized spacial score (nSPS) is 12.3. The summed E-state index contributed by atoms with van der Waals surface area (Å²) in [5.41, 5.74) is 5.54. The number of nitrogens with two attached hydrogens (primary N) is 1. The highest BCUT2D eigenvalue weighted by molar-refractivity contribution is 4.91. The van der Waals surface area contributed by atoms with Gasteiger partial charge < -0.3 is 10.5 Å². The van der Waals surface area contributed by atoms with E-state index < -0.39 is 0 Å². The lowest BCUT2D eigenvalue weighted by molar-refractivity contribution is 0.164. The second kappa shape index (κ2) is 17.8. The summed E-state index contributed by atoms with van der Waals surface area (Å²) in [7, 11) is 0. The van der Waals surface area contributed by atoms with Gasteiger partial charge in [0.15, 0.2) is 0 Å². The van der Waals surface area contributed by atoms with Crippen LogP contribution >= 0.6 is 0 Å².